The number of hydrogen-bond donors (Lipinski definition) is 0. The third kappa shape index (κ3) is 2.35. The van der Waals surface area contributed by atoms with E-state index in [0.29, 0.717) is 5.02 Å². The van der Waals surface area contributed by atoms with E-state index in [1.54, 1.807) is 27.8 Å². The van der Waals surface area contributed by atoms with Crippen LogP contribution in [0.4, 0.5) is 0 Å². The highest BCUT2D eigenvalue weighted by Gasteiger charge is 2.24. The van der Waals surface area contributed by atoms with Gasteiger partial charge in [0.15, 0.2) is 0 Å². The Bertz CT molecular complexity index is 574. The molecule has 0 saturated heterocycles. The Labute approximate surface area is 119 Å². The van der Waals surface area contributed by atoms with Crippen molar-refractivity contribution in [2.45, 2.75) is 24.3 Å². The number of halogens is 1. The minimum absolute atomic E-state index is 0.646. The fourth-order valence-electron chi connectivity index (χ4n) is 1.48. The highest BCUT2D eigenvalue weighted by Crippen LogP contribution is 2.38. The lowest BCUT2D eigenvalue weighted by Crippen LogP contribution is -2.28. The smallest absolute Gasteiger partial charge is 0.147 e. The molecule has 2 heterocycles. The molecule has 0 fully saturated rings. The first-order chi connectivity index (χ1) is 8.49. The molecule has 2 rings (SSSR count). The number of aromatic nitrogens is 2. The first-order valence-electron chi connectivity index (χ1n) is 5.33. The molecule has 2 aromatic rings. The SMILES string of the molecule is CSc1cn(C(C)(C)C=O)nc1-c1sccc1Cl. The van der Waals surface area contributed by atoms with Crippen molar-refractivity contribution in [2.75, 3.05) is 6.26 Å². The summed E-state index contributed by atoms with van der Waals surface area (Å²) in [6.45, 7) is 3.66. The minimum atomic E-state index is -0.646. The summed E-state index contributed by atoms with van der Waals surface area (Å²) in [5, 5.41) is 7.15. The van der Waals surface area contributed by atoms with Crippen molar-refractivity contribution >= 4 is 41.0 Å². The summed E-state index contributed by atoms with van der Waals surface area (Å²) < 4.78 is 1.69. The molecule has 2 aromatic heterocycles. The van der Waals surface area contributed by atoms with E-state index in [-0.39, 0.29) is 0 Å². The Morgan fingerprint density at radius 2 is 2.28 bits per heavy atom. The van der Waals surface area contributed by atoms with Gasteiger partial charge in [0.1, 0.15) is 17.5 Å². The van der Waals surface area contributed by atoms with Gasteiger partial charge in [0.25, 0.3) is 0 Å². The van der Waals surface area contributed by atoms with E-state index < -0.39 is 5.54 Å². The zero-order chi connectivity index (χ0) is 13.3. The molecule has 3 nitrogen and oxygen atoms in total. The van der Waals surface area contributed by atoms with Gasteiger partial charge in [-0.15, -0.1) is 23.1 Å². The van der Waals surface area contributed by atoms with Gasteiger partial charge < -0.3 is 4.79 Å². The van der Waals surface area contributed by atoms with Crippen LogP contribution in [0.2, 0.25) is 5.02 Å². The Morgan fingerprint density at radius 3 is 2.78 bits per heavy atom. The van der Waals surface area contributed by atoms with Gasteiger partial charge >= 0.3 is 0 Å². The first-order valence-corrected chi connectivity index (χ1v) is 7.81. The number of carbonyl (C=O) groups excluding carboxylic acids is 1. The topological polar surface area (TPSA) is 34.9 Å². The molecule has 96 valence electrons. The van der Waals surface area contributed by atoms with E-state index in [1.165, 1.54) is 0 Å². The summed E-state index contributed by atoms with van der Waals surface area (Å²) in [5.74, 6) is 0. The van der Waals surface area contributed by atoms with Crippen molar-refractivity contribution in [3.05, 3.63) is 22.7 Å². The zero-order valence-electron chi connectivity index (χ0n) is 10.3. The second-order valence-corrected chi connectivity index (χ2v) is 6.53. The van der Waals surface area contributed by atoms with Crippen molar-refractivity contribution in [3.63, 3.8) is 0 Å². The van der Waals surface area contributed by atoms with Gasteiger partial charge in [-0.25, -0.2) is 0 Å². The van der Waals surface area contributed by atoms with Crippen LogP contribution in [-0.2, 0) is 10.3 Å². The number of hydrogen-bond acceptors (Lipinski definition) is 4. The van der Waals surface area contributed by atoms with Crippen LogP contribution in [0.1, 0.15) is 13.8 Å². The average Bonchev–Trinajstić information content (AvgIpc) is 2.94. The van der Waals surface area contributed by atoms with E-state index in [1.807, 2.05) is 37.7 Å². The van der Waals surface area contributed by atoms with Crippen LogP contribution in [0.25, 0.3) is 10.6 Å². The summed E-state index contributed by atoms with van der Waals surface area (Å²) in [6, 6.07) is 1.86. The number of nitrogens with zero attached hydrogens (tertiary/aromatic N) is 2. The van der Waals surface area contributed by atoms with Gasteiger partial charge in [0.05, 0.1) is 14.8 Å². The molecule has 0 spiro atoms. The molecule has 0 aromatic carbocycles. The molecule has 0 aliphatic rings. The maximum Gasteiger partial charge on any atom is 0.147 e. The molecule has 0 atom stereocenters. The Hall–Kier alpha value is -0.780. The third-order valence-corrected chi connectivity index (χ3v) is 4.70. The van der Waals surface area contributed by atoms with E-state index in [9.17, 15) is 4.79 Å². The van der Waals surface area contributed by atoms with Crippen LogP contribution >= 0.6 is 34.7 Å². The molecular weight excluding hydrogens is 288 g/mol. The van der Waals surface area contributed by atoms with E-state index in [2.05, 4.69) is 5.10 Å². The summed E-state index contributed by atoms with van der Waals surface area (Å²) in [4.78, 5) is 13.1. The van der Waals surface area contributed by atoms with Crippen LogP contribution in [0.5, 0.6) is 0 Å². The predicted octanol–water partition coefficient (Wildman–Crippen LogP) is 3.92. The van der Waals surface area contributed by atoms with Gasteiger partial charge in [-0.3, -0.25) is 4.68 Å². The summed E-state index contributed by atoms with van der Waals surface area (Å²) in [7, 11) is 0. The fraction of sp³-hybridized carbons (Fsp3) is 0.333. The normalized spacial score (nSPS) is 11.8. The lowest BCUT2D eigenvalue weighted by atomic mass is 10.1. The van der Waals surface area contributed by atoms with Crippen LogP contribution < -0.4 is 0 Å². The second-order valence-electron chi connectivity index (χ2n) is 4.36. The van der Waals surface area contributed by atoms with Crippen molar-refractivity contribution < 1.29 is 4.79 Å². The van der Waals surface area contributed by atoms with Gasteiger partial charge in [-0.2, -0.15) is 5.10 Å². The van der Waals surface area contributed by atoms with Crippen molar-refractivity contribution in [1.29, 1.82) is 0 Å². The lowest BCUT2D eigenvalue weighted by Gasteiger charge is -2.17. The van der Waals surface area contributed by atoms with Crippen molar-refractivity contribution in [1.82, 2.24) is 9.78 Å². The molecule has 0 aliphatic carbocycles. The van der Waals surface area contributed by atoms with Gasteiger partial charge in [0, 0.05) is 6.20 Å². The van der Waals surface area contributed by atoms with E-state index in [4.69, 9.17) is 11.6 Å². The number of carbonyl (C=O) groups is 1. The molecule has 0 saturated carbocycles. The van der Waals surface area contributed by atoms with Crippen LogP contribution in [-0.4, -0.2) is 22.3 Å². The highest BCUT2D eigenvalue weighted by molar-refractivity contribution is 7.98. The van der Waals surface area contributed by atoms with Crippen LogP contribution in [0.15, 0.2) is 22.5 Å². The molecule has 0 bridgehead atoms. The predicted molar refractivity (Wildman–Crippen MR) is 77.7 cm³/mol. The van der Waals surface area contributed by atoms with Gasteiger partial charge in [-0.05, 0) is 31.5 Å². The highest BCUT2D eigenvalue weighted by atomic mass is 35.5. The van der Waals surface area contributed by atoms with Crippen LogP contribution in [0.3, 0.4) is 0 Å². The third-order valence-electron chi connectivity index (χ3n) is 2.61. The number of thioether (sulfide) groups is 1. The standard InChI is InChI=1S/C12H13ClN2OS2/c1-12(2,7-16)15-6-9(17-3)10(14-15)11-8(13)4-5-18-11/h4-7H,1-3H3. The molecule has 0 radical (unpaired) electrons. The molecule has 18 heavy (non-hydrogen) atoms. The monoisotopic (exact) mass is 300 g/mol. The molecule has 0 unspecified atom stereocenters. The molecule has 6 heteroatoms. The van der Waals surface area contributed by atoms with Gasteiger partial charge in [-0.1, -0.05) is 11.6 Å². The number of aldehydes is 1. The molecule has 0 aliphatic heterocycles. The maximum absolute atomic E-state index is 11.1. The Kier molecular flexibility index (Phi) is 3.84. The summed E-state index contributed by atoms with van der Waals surface area (Å²) in [6.07, 6.45) is 4.77. The lowest BCUT2D eigenvalue weighted by molar-refractivity contribution is -0.114. The minimum Gasteiger partial charge on any atom is -0.301 e. The fourth-order valence-corrected chi connectivity index (χ4v) is 3.23. The van der Waals surface area contributed by atoms with Crippen LogP contribution in [0, 0.1) is 0 Å². The van der Waals surface area contributed by atoms with E-state index >= 15 is 0 Å². The molecule has 0 amide bonds. The maximum atomic E-state index is 11.1. The van der Waals surface area contributed by atoms with Crippen molar-refractivity contribution in [3.8, 4) is 10.6 Å². The Balaban J connectivity index is 2.56. The number of thiophene rings is 1. The second kappa shape index (κ2) is 5.07. The number of rotatable bonds is 4. The van der Waals surface area contributed by atoms with Crippen molar-refractivity contribution in [2.24, 2.45) is 0 Å². The average molecular weight is 301 g/mol. The van der Waals surface area contributed by atoms with E-state index in [0.717, 1.165) is 21.8 Å². The molecular formula is C12H13ClN2OS2. The summed E-state index contributed by atoms with van der Waals surface area (Å²) >= 11 is 9.30. The largest absolute Gasteiger partial charge is 0.301 e. The first kappa shape index (κ1) is 13.6. The zero-order valence-corrected chi connectivity index (χ0v) is 12.7. The van der Waals surface area contributed by atoms with Gasteiger partial charge in [0.2, 0.25) is 0 Å². The molecule has 0 N–H and O–H groups in total. The quantitative estimate of drug-likeness (QED) is 0.634. The Morgan fingerprint density at radius 1 is 1.56 bits per heavy atom. The summed E-state index contributed by atoms with van der Waals surface area (Å²) in [5.41, 5.74) is 0.198.